The first-order chi connectivity index (χ1) is 12.6. The maximum Gasteiger partial charge on any atom is 0.340 e. The van der Waals surface area contributed by atoms with E-state index >= 15 is 0 Å². The van der Waals surface area contributed by atoms with E-state index in [1.54, 1.807) is 24.3 Å². The zero-order valence-corrected chi connectivity index (χ0v) is 13.9. The number of aromatic amines is 2. The van der Waals surface area contributed by atoms with E-state index in [-0.39, 0.29) is 24.7 Å². The average Bonchev–Trinajstić information content (AvgIpc) is 3.03. The molecule has 0 aliphatic rings. The number of H-pyrrole nitrogens is 2. The molecule has 1 aromatic carbocycles. The van der Waals surface area contributed by atoms with Gasteiger partial charge in [0.1, 0.15) is 12.1 Å². The summed E-state index contributed by atoms with van der Waals surface area (Å²) in [5.41, 5.74) is 1.71. The second kappa shape index (κ2) is 7.62. The van der Waals surface area contributed by atoms with Crippen molar-refractivity contribution in [2.24, 2.45) is 0 Å². The fraction of sp³-hybridized carbons (Fsp3) is 0.176. The predicted molar refractivity (Wildman–Crippen MR) is 92.8 cm³/mol. The van der Waals surface area contributed by atoms with E-state index in [4.69, 9.17) is 9.47 Å². The van der Waals surface area contributed by atoms with Crippen LogP contribution in [-0.2, 0) is 20.9 Å². The van der Waals surface area contributed by atoms with Crippen molar-refractivity contribution in [1.29, 1.82) is 0 Å². The van der Waals surface area contributed by atoms with Crippen LogP contribution in [0.2, 0.25) is 0 Å². The molecule has 0 saturated heterocycles. The molecule has 0 radical (unpaired) electrons. The van der Waals surface area contributed by atoms with E-state index in [2.05, 4.69) is 20.3 Å². The number of imidazole rings is 1. The van der Waals surface area contributed by atoms with Gasteiger partial charge >= 0.3 is 5.97 Å². The van der Waals surface area contributed by atoms with Gasteiger partial charge < -0.3 is 19.4 Å². The maximum absolute atomic E-state index is 12.0. The molecule has 0 aliphatic carbocycles. The van der Waals surface area contributed by atoms with Crippen molar-refractivity contribution in [1.82, 2.24) is 15.0 Å². The van der Waals surface area contributed by atoms with Gasteiger partial charge in [0.25, 0.3) is 5.91 Å². The number of pyridine rings is 1. The third-order valence-electron chi connectivity index (χ3n) is 3.52. The molecule has 0 bridgehead atoms. The fourth-order valence-electron chi connectivity index (χ4n) is 2.37. The highest BCUT2D eigenvalue weighted by Gasteiger charge is 2.15. The van der Waals surface area contributed by atoms with Crippen LogP contribution >= 0.6 is 0 Å². The minimum Gasteiger partial charge on any atom is -0.465 e. The number of rotatable bonds is 6. The number of carbonyl (C=O) groups is 2. The number of benzene rings is 1. The zero-order chi connectivity index (χ0) is 18.5. The number of nitrogens with zero attached hydrogens (tertiary/aromatic N) is 1. The first-order valence-corrected chi connectivity index (χ1v) is 7.69. The number of ether oxygens (including phenoxy) is 2. The summed E-state index contributed by atoms with van der Waals surface area (Å²) < 4.78 is 10.00. The average molecular weight is 356 g/mol. The Morgan fingerprint density at radius 2 is 2.12 bits per heavy atom. The minimum absolute atomic E-state index is 0.129. The molecule has 9 nitrogen and oxygen atoms in total. The summed E-state index contributed by atoms with van der Waals surface area (Å²) in [5.74, 6) is -0.740. The lowest BCUT2D eigenvalue weighted by atomic mass is 10.2. The summed E-state index contributed by atoms with van der Waals surface area (Å²) in [4.78, 5) is 44.5. The molecule has 0 atom stereocenters. The standard InChI is InChI=1S/C17H16N4O5/c1-25-16(24)11-3-2-4-12-15(11)21-17(19-12)20-14(23)9-26-8-10-5-6-18-13(22)7-10/h2-7H,8-9H2,1H3,(H,18,22)(H2,19,20,21,23). The Labute approximate surface area is 147 Å². The minimum atomic E-state index is -0.513. The molecule has 0 aliphatic heterocycles. The Kier molecular flexibility index (Phi) is 5.09. The summed E-state index contributed by atoms with van der Waals surface area (Å²) in [6.45, 7) is -0.0857. The van der Waals surface area contributed by atoms with E-state index in [9.17, 15) is 14.4 Å². The second-order valence-electron chi connectivity index (χ2n) is 5.38. The van der Waals surface area contributed by atoms with Gasteiger partial charge in [0.2, 0.25) is 11.5 Å². The van der Waals surface area contributed by atoms with E-state index in [0.717, 1.165) is 0 Å². The molecular weight excluding hydrogens is 340 g/mol. The molecule has 0 saturated carbocycles. The lowest BCUT2D eigenvalue weighted by Gasteiger charge is -2.04. The van der Waals surface area contributed by atoms with Gasteiger partial charge in [0, 0.05) is 12.3 Å². The number of para-hydroxylation sites is 1. The number of nitrogens with one attached hydrogen (secondary N) is 3. The molecule has 1 amide bonds. The highest BCUT2D eigenvalue weighted by Crippen LogP contribution is 2.19. The van der Waals surface area contributed by atoms with Gasteiger partial charge in [0.15, 0.2) is 0 Å². The summed E-state index contributed by atoms with van der Waals surface area (Å²) in [5, 5.41) is 2.56. The number of methoxy groups -OCH3 is 1. The SMILES string of the molecule is COC(=O)c1cccc2[nH]c(NC(=O)COCc3cc[nH]c(=O)c3)nc12. The van der Waals surface area contributed by atoms with E-state index in [0.29, 0.717) is 22.2 Å². The predicted octanol–water partition coefficient (Wildman–Crippen LogP) is 1.19. The van der Waals surface area contributed by atoms with Crippen molar-refractivity contribution < 1.29 is 19.1 Å². The van der Waals surface area contributed by atoms with Gasteiger partial charge in [-0.2, -0.15) is 0 Å². The fourth-order valence-corrected chi connectivity index (χ4v) is 2.37. The van der Waals surface area contributed by atoms with Crippen LogP contribution in [0, 0.1) is 0 Å². The Morgan fingerprint density at radius 3 is 2.88 bits per heavy atom. The van der Waals surface area contributed by atoms with Gasteiger partial charge in [-0.1, -0.05) is 6.07 Å². The van der Waals surface area contributed by atoms with Gasteiger partial charge in [-0.25, -0.2) is 9.78 Å². The maximum atomic E-state index is 12.0. The van der Waals surface area contributed by atoms with E-state index < -0.39 is 11.9 Å². The van der Waals surface area contributed by atoms with Crippen LogP contribution in [-0.4, -0.2) is 40.5 Å². The number of aromatic nitrogens is 3. The molecule has 9 heteroatoms. The molecule has 134 valence electrons. The quantitative estimate of drug-likeness (QED) is 0.570. The molecule has 3 rings (SSSR count). The Bertz CT molecular complexity index is 1010. The van der Waals surface area contributed by atoms with Crippen molar-refractivity contribution in [3.8, 4) is 0 Å². The third-order valence-corrected chi connectivity index (χ3v) is 3.52. The van der Waals surface area contributed by atoms with Crippen LogP contribution < -0.4 is 10.9 Å². The largest absolute Gasteiger partial charge is 0.465 e. The van der Waals surface area contributed by atoms with Crippen LogP contribution in [0.5, 0.6) is 0 Å². The molecule has 3 N–H and O–H groups in total. The molecule has 26 heavy (non-hydrogen) atoms. The topological polar surface area (TPSA) is 126 Å². The molecule has 3 aromatic rings. The van der Waals surface area contributed by atoms with Crippen molar-refractivity contribution in [2.45, 2.75) is 6.61 Å². The Hall–Kier alpha value is -3.46. The smallest absolute Gasteiger partial charge is 0.340 e. The van der Waals surface area contributed by atoms with Crippen molar-refractivity contribution in [3.05, 3.63) is 58.0 Å². The molecule has 0 unspecified atom stereocenters. The summed E-state index contributed by atoms with van der Waals surface area (Å²) >= 11 is 0. The number of hydrogen-bond acceptors (Lipinski definition) is 6. The van der Waals surface area contributed by atoms with Crippen LogP contribution in [0.4, 0.5) is 5.95 Å². The van der Waals surface area contributed by atoms with Gasteiger partial charge in [0.05, 0.1) is 24.8 Å². The lowest BCUT2D eigenvalue weighted by Crippen LogP contribution is -2.19. The number of carbonyl (C=O) groups excluding carboxylic acids is 2. The Morgan fingerprint density at radius 1 is 1.27 bits per heavy atom. The van der Waals surface area contributed by atoms with Gasteiger partial charge in [-0.3, -0.25) is 14.9 Å². The number of amides is 1. The highest BCUT2D eigenvalue weighted by atomic mass is 16.5. The number of hydrogen-bond donors (Lipinski definition) is 3. The van der Waals surface area contributed by atoms with Crippen molar-refractivity contribution in [3.63, 3.8) is 0 Å². The highest BCUT2D eigenvalue weighted by molar-refractivity contribution is 6.03. The van der Waals surface area contributed by atoms with E-state index in [1.807, 2.05) is 0 Å². The Balaban J connectivity index is 1.62. The monoisotopic (exact) mass is 356 g/mol. The van der Waals surface area contributed by atoms with Crippen molar-refractivity contribution >= 4 is 28.9 Å². The summed E-state index contributed by atoms with van der Waals surface area (Å²) in [6.07, 6.45) is 1.51. The first-order valence-electron chi connectivity index (χ1n) is 7.69. The molecular formula is C17H16N4O5. The molecule has 0 spiro atoms. The summed E-state index contributed by atoms with van der Waals surface area (Å²) in [6, 6.07) is 8.08. The molecule has 0 fully saturated rings. The van der Waals surface area contributed by atoms with Crippen LogP contribution in [0.15, 0.2) is 41.3 Å². The van der Waals surface area contributed by atoms with Crippen LogP contribution in [0.25, 0.3) is 11.0 Å². The first kappa shape index (κ1) is 17.4. The molecule has 2 aromatic heterocycles. The van der Waals surface area contributed by atoms with Crippen molar-refractivity contribution in [2.75, 3.05) is 19.0 Å². The number of esters is 1. The van der Waals surface area contributed by atoms with Crippen LogP contribution in [0.3, 0.4) is 0 Å². The van der Waals surface area contributed by atoms with Gasteiger partial charge in [-0.05, 0) is 23.8 Å². The third kappa shape index (κ3) is 3.95. The zero-order valence-electron chi connectivity index (χ0n) is 13.9. The normalized spacial score (nSPS) is 10.7. The van der Waals surface area contributed by atoms with E-state index in [1.165, 1.54) is 19.4 Å². The number of anilines is 1. The molecule has 2 heterocycles. The lowest BCUT2D eigenvalue weighted by molar-refractivity contribution is -0.121. The van der Waals surface area contributed by atoms with Crippen LogP contribution in [0.1, 0.15) is 15.9 Å². The van der Waals surface area contributed by atoms with Gasteiger partial charge in [-0.15, -0.1) is 0 Å². The second-order valence-corrected chi connectivity index (χ2v) is 5.38. The summed E-state index contributed by atoms with van der Waals surface area (Å²) in [7, 11) is 1.29. The number of fused-ring (bicyclic) bond motifs is 1.